The number of rotatable bonds is 8. The molecule has 2 rings (SSSR count). The molecule has 0 saturated heterocycles. The summed E-state index contributed by atoms with van der Waals surface area (Å²) in [7, 11) is -3.51. The Morgan fingerprint density at radius 3 is 2.27 bits per heavy atom. The van der Waals surface area contributed by atoms with Crippen molar-refractivity contribution < 1.29 is 13.2 Å². The first-order valence-electron chi connectivity index (χ1n) is 8.12. The zero-order chi connectivity index (χ0) is 18.3. The highest BCUT2D eigenvalue weighted by molar-refractivity contribution is 7.89. The second-order valence-corrected chi connectivity index (χ2v) is 7.46. The minimum Gasteiger partial charge on any atom is -0.326 e. The summed E-state index contributed by atoms with van der Waals surface area (Å²) in [5, 5.41) is 2.73. The Morgan fingerprint density at radius 1 is 1.08 bits per heavy atom. The van der Waals surface area contributed by atoms with Crippen molar-refractivity contribution in [3.05, 3.63) is 60.2 Å². The molecule has 8 heteroatoms. The summed E-state index contributed by atoms with van der Waals surface area (Å²) >= 11 is 0. The van der Waals surface area contributed by atoms with Crippen molar-refractivity contribution in [2.24, 2.45) is 5.73 Å². The van der Waals surface area contributed by atoms with Crippen LogP contribution in [-0.2, 0) is 14.8 Å². The van der Waals surface area contributed by atoms with Crippen molar-refractivity contribution >= 4 is 34.0 Å². The second-order valence-electron chi connectivity index (χ2n) is 5.69. The maximum absolute atomic E-state index is 12.1. The van der Waals surface area contributed by atoms with E-state index >= 15 is 0 Å². The van der Waals surface area contributed by atoms with Crippen molar-refractivity contribution in [1.82, 2.24) is 4.72 Å². The molecule has 1 atom stereocenters. The predicted molar refractivity (Wildman–Crippen MR) is 106 cm³/mol. The summed E-state index contributed by atoms with van der Waals surface area (Å²) in [6, 6.07) is 15.0. The second kappa shape index (κ2) is 10.3. The lowest BCUT2D eigenvalue weighted by Gasteiger charge is -2.12. The maximum atomic E-state index is 12.1. The number of benzene rings is 2. The summed E-state index contributed by atoms with van der Waals surface area (Å²) in [5.41, 5.74) is 7.45. The number of nitrogens with two attached hydrogens (primary N) is 1. The first-order valence-corrected chi connectivity index (χ1v) is 9.61. The Bertz CT molecular complexity index is 796. The zero-order valence-corrected chi connectivity index (χ0v) is 16.1. The van der Waals surface area contributed by atoms with Crippen LogP contribution in [0.2, 0.25) is 0 Å². The van der Waals surface area contributed by atoms with Gasteiger partial charge in [0.25, 0.3) is 0 Å². The SMILES string of the molecule is CCCNS(=O)(=O)c1ccc(NC(=O)CC(N)c2ccccc2)cc1.Cl. The molecule has 0 radical (unpaired) electrons. The van der Waals surface area contributed by atoms with Gasteiger partial charge in [-0.05, 0) is 36.2 Å². The molecular weight excluding hydrogens is 374 g/mol. The number of amides is 1. The van der Waals surface area contributed by atoms with Crippen LogP contribution in [0.25, 0.3) is 0 Å². The molecule has 0 aromatic heterocycles. The van der Waals surface area contributed by atoms with Gasteiger partial charge in [-0.15, -0.1) is 12.4 Å². The van der Waals surface area contributed by atoms with Gasteiger partial charge in [0.2, 0.25) is 15.9 Å². The van der Waals surface area contributed by atoms with E-state index in [4.69, 9.17) is 5.73 Å². The summed E-state index contributed by atoms with van der Waals surface area (Å²) < 4.78 is 26.5. The van der Waals surface area contributed by atoms with Gasteiger partial charge in [0.15, 0.2) is 0 Å². The molecule has 0 heterocycles. The minimum atomic E-state index is -3.51. The first kappa shape index (κ1) is 22.1. The fraction of sp³-hybridized carbons (Fsp3) is 0.278. The molecular formula is C18H24ClN3O3S. The summed E-state index contributed by atoms with van der Waals surface area (Å²) in [5.74, 6) is -0.226. The molecule has 0 bridgehead atoms. The van der Waals surface area contributed by atoms with E-state index in [2.05, 4.69) is 10.0 Å². The summed E-state index contributed by atoms with van der Waals surface area (Å²) in [6.07, 6.45) is 0.858. The number of carbonyl (C=O) groups is 1. The van der Waals surface area contributed by atoms with E-state index in [-0.39, 0.29) is 35.7 Å². The van der Waals surface area contributed by atoms with Gasteiger partial charge in [0.1, 0.15) is 0 Å². The molecule has 0 saturated carbocycles. The van der Waals surface area contributed by atoms with E-state index in [1.165, 1.54) is 12.1 Å². The fourth-order valence-corrected chi connectivity index (χ4v) is 3.40. The number of sulfonamides is 1. The summed E-state index contributed by atoms with van der Waals surface area (Å²) in [4.78, 5) is 12.3. The average Bonchev–Trinajstić information content (AvgIpc) is 2.61. The fourth-order valence-electron chi connectivity index (χ4n) is 2.27. The number of anilines is 1. The van der Waals surface area contributed by atoms with Crippen LogP contribution in [0.1, 0.15) is 31.4 Å². The van der Waals surface area contributed by atoms with Crippen LogP contribution < -0.4 is 15.8 Å². The molecule has 1 unspecified atom stereocenters. The third kappa shape index (κ3) is 6.42. The quantitative estimate of drug-likeness (QED) is 0.637. The van der Waals surface area contributed by atoms with E-state index in [9.17, 15) is 13.2 Å². The van der Waals surface area contributed by atoms with Crippen LogP contribution in [0.15, 0.2) is 59.5 Å². The topological polar surface area (TPSA) is 101 Å². The molecule has 2 aromatic carbocycles. The highest BCUT2D eigenvalue weighted by Crippen LogP contribution is 2.17. The van der Waals surface area contributed by atoms with E-state index in [0.29, 0.717) is 12.2 Å². The standard InChI is InChI=1S/C18H23N3O3S.ClH/c1-2-12-20-25(23,24)16-10-8-15(9-11-16)21-18(22)13-17(19)14-6-4-3-5-7-14;/h3-11,17,20H,2,12-13,19H2,1H3,(H,21,22);1H. The van der Waals surface area contributed by atoms with Crippen LogP contribution in [-0.4, -0.2) is 20.9 Å². The molecule has 0 aliphatic carbocycles. The smallest absolute Gasteiger partial charge is 0.240 e. The van der Waals surface area contributed by atoms with Gasteiger partial charge in [0.05, 0.1) is 4.90 Å². The molecule has 6 nitrogen and oxygen atoms in total. The van der Waals surface area contributed by atoms with Crippen LogP contribution in [0.3, 0.4) is 0 Å². The molecule has 0 fully saturated rings. The average molecular weight is 398 g/mol. The predicted octanol–water partition coefficient (Wildman–Crippen LogP) is 2.83. The van der Waals surface area contributed by atoms with Gasteiger partial charge in [-0.2, -0.15) is 0 Å². The Balaban J connectivity index is 0.00000338. The first-order chi connectivity index (χ1) is 11.9. The molecule has 0 spiro atoms. The lowest BCUT2D eigenvalue weighted by atomic mass is 10.0. The van der Waals surface area contributed by atoms with Crippen LogP contribution >= 0.6 is 12.4 Å². The van der Waals surface area contributed by atoms with Crippen LogP contribution in [0.4, 0.5) is 5.69 Å². The maximum Gasteiger partial charge on any atom is 0.240 e. The van der Waals surface area contributed by atoms with Crippen molar-refractivity contribution in [1.29, 1.82) is 0 Å². The Hall–Kier alpha value is -1.93. The van der Waals surface area contributed by atoms with Gasteiger partial charge >= 0.3 is 0 Å². The van der Waals surface area contributed by atoms with Gasteiger partial charge in [-0.25, -0.2) is 13.1 Å². The van der Waals surface area contributed by atoms with Crippen molar-refractivity contribution in [3.8, 4) is 0 Å². The van der Waals surface area contributed by atoms with Crippen molar-refractivity contribution in [2.75, 3.05) is 11.9 Å². The highest BCUT2D eigenvalue weighted by atomic mass is 35.5. The number of carbonyl (C=O) groups excluding carboxylic acids is 1. The molecule has 4 N–H and O–H groups in total. The lowest BCUT2D eigenvalue weighted by Crippen LogP contribution is -2.24. The zero-order valence-electron chi connectivity index (χ0n) is 14.5. The molecule has 26 heavy (non-hydrogen) atoms. The Kier molecular flexibility index (Phi) is 8.74. The molecule has 0 aliphatic heterocycles. The van der Waals surface area contributed by atoms with E-state index in [1.807, 2.05) is 37.3 Å². The number of nitrogens with one attached hydrogen (secondary N) is 2. The molecule has 2 aromatic rings. The molecule has 142 valence electrons. The number of hydrogen-bond acceptors (Lipinski definition) is 4. The van der Waals surface area contributed by atoms with Gasteiger partial charge < -0.3 is 11.1 Å². The van der Waals surface area contributed by atoms with E-state index in [1.54, 1.807) is 12.1 Å². The molecule has 1 amide bonds. The van der Waals surface area contributed by atoms with Gasteiger partial charge in [0, 0.05) is 24.7 Å². The van der Waals surface area contributed by atoms with Crippen LogP contribution in [0.5, 0.6) is 0 Å². The van der Waals surface area contributed by atoms with Crippen LogP contribution in [0, 0.1) is 0 Å². The van der Waals surface area contributed by atoms with Crippen molar-refractivity contribution in [3.63, 3.8) is 0 Å². The molecule has 0 aliphatic rings. The lowest BCUT2D eigenvalue weighted by molar-refractivity contribution is -0.116. The monoisotopic (exact) mass is 397 g/mol. The normalized spacial score (nSPS) is 12.1. The van der Waals surface area contributed by atoms with Gasteiger partial charge in [-0.1, -0.05) is 37.3 Å². The summed E-state index contributed by atoms with van der Waals surface area (Å²) in [6.45, 7) is 2.28. The third-order valence-corrected chi connectivity index (χ3v) is 5.10. The largest absolute Gasteiger partial charge is 0.326 e. The Labute approximate surface area is 160 Å². The number of halogens is 1. The van der Waals surface area contributed by atoms with Gasteiger partial charge in [-0.3, -0.25) is 4.79 Å². The third-order valence-electron chi connectivity index (χ3n) is 3.62. The minimum absolute atomic E-state index is 0. The van der Waals surface area contributed by atoms with Crippen molar-refractivity contribution in [2.45, 2.75) is 30.7 Å². The number of hydrogen-bond donors (Lipinski definition) is 3. The Morgan fingerprint density at radius 2 is 1.69 bits per heavy atom. The van der Waals surface area contributed by atoms with E-state index < -0.39 is 10.0 Å². The van der Waals surface area contributed by atoms with E-state index in [0.717, 1.165) is 12.0 Å². The highest BCUT2D eigenvalue weighted by Gasteiger charge is 2.14.